The number of urea groups is 1. The lowest BCUT2D eigenvalue weighted by atomic mass is 10.1. The molecule has 2 heterocycles. The summed E-state index contributed by atoms with van der Waals surface area (Å²) in [7, 11) is 0. The molecule has 2 aromatic carbocycles. The van der Waals surface area contributed by atoms with Gasteiger partial charge >= 0.3 is 6.03 Å². The molecule has 0 atom stereocenters. The molecule has 0 radical (unpaired) electrons. The van der Waals surface area contributed by atoms with E-state index >= 15 is 0 Å². The van der Waals surface area contributed by atoms with Crippen molar-refractivity contribution in [3.63, 3.8) is 0 Å². The van der Waals surface area contributed by atoms with Crippen molar-refractivity contribution in [2.75, 3.05) is 18.4 Å². The van der Waals surface area contributed by atoms with Crippen molar-refractivity contribution in [1.82, 2.24) is 9.88 Å². The highest BCUT2D eigenvalue weighted by Gasteiger charge is 2.25. The van der Waals surface area contributed by atoms with Gasteiger partial charge in [0.05, 0.1) is 10.2 Å². The maximum atomic E-state index is 12.4. The van der Waals surface area contributed by atoms with E-state index < -0.39 is 0 Å². The predicted octanol–water partition coefficient (Wildman–Crippen LogP) is 4.68. The van der Waals surface area contributed by atoms with Crippen LogP contribution in [-0.2, 0) is 0 Å². The first-order valence-corrected chi connectivity index (χ1v) is 9.64. The van der Waals surface area contributed by atoms with Crippen LogP contribution in [0.5, 0.6) is 5.19 Å². The Morgan fingerprint density at radius 3 is 2.65 bits per heavy atom. The number of thiazole rings is 1. The van der Waals surface area contributed by atoms with Crippen LogP contribution in [0.2, 0.25) is 0 Å². The number of carbonyl (C=O) groups is 1. The minimum atomic E-state index is -0.0507. The zero-order chi connectivity index (χ0) is 17.9. The number of rotatable bonds is 3. The number of nitrogens with zero attached hydrogens (tertiary/aromatic N) is 2. The molecular weight excluding hydrogens is 346 g/mol. The quantitative estimate of drug-likeness (QED) is 0.731. The molecule has 0 aliphatic carbocycles. The van der Waals surface area contributed by atoms with Gasteiger partial charge in [0.2, 0.25) is 0 Å². The summed E-state index contributed by atoms with van der Waals surface area (Å²) in [5.74, 6) is 0. The van der Waals surface area contributed by atoms with Crippen LogP contribution in [0.25, 0.3) is 10.2 Å². The summed E-state index contributed by atoms with van der Waals surface area (Å²) < 4.78 is 7.24. The summed E-state index contributed by atoms with van der Waals surface area (Å²) in [5, 5.41) is 3.66. The average Bonchev–Trinajstić information content (AvgIpc) is 3.07. The van der Waals surface area contributed by atoms with Gasteiger partial charge in [-0.15, -0.1) is 0 Å². The topological polar surface area (TPSA) is 54.5 Å². The molecule has 26 heavy (non-hydrogen) atoms. The molecule has 0 bridgehead atoms. The molecule has 1 saturated heterocycles. The summed E-state index contributed by atoms with van der Waals surface area (Å²) >= 11 is 1.59. The highest BCUT2D eigenvalue weighted by Crippen LogP contribution is 2.31. The van der Waals surface area contributed by atoms with Gasteiger partial charge in [-0.3, -0.25) is 0 Å². The largest absolute Gasteiger partial charge is 0.467 e. The lowest BCUT2D eigenvalue weighted by Gasteiger charge is -2.31. The normalized spacial score (nSPS) is 15.2. The molecule has 3 aromatic rings. The molecule has 0 spiro atoms. The number of nitrogens with one attached hydrogen (secondary N) is 1. The fourth-order valence-electron chi connectivity index (χ4n) is 3.16. The molecule has 0 saturated carbocycles. The highest BCUT2D eigenvalue weighted by atomic mass is 32.1. The maximum Gasteiger partial charge on any atom is 0.321 e. The van der Waals surface area contributed by atoms with Gasteiger partial charge in [-0.25, -0.2) is 9.78 Å². The van der Waals surface area contributed by atoms with Crippen LogP contribution in [0.3, 0.4) is 0 Å². The van der Waals surface area contributed by atoms with Crippen LogP contribution in [0.1, 0.15) is 18.4 Å². The monoisotopic (exact) mass is 367 g/mol. The number of benzene rings is 2. The Kier molecular flexibility index (Phi) is 4.75. The molecule has 0 unspecified atom stereocenters. The van der Waals surface area contributed by atoms with Crippen LogP contribution in [0.4, 0.5) is 10.5 Å². The van der Waals surface area contributed by atoms with E-state index in [0.717, 1.165) is 33.9 Å². The molecule has 6 heteroatoms. The van der Waals surface area contributed by atoms with Gasteiger partial charge in [0.15, 0.2) is 0 Å². The van der Waals surface area contributed by atoms with E-state index in [9.17, 15) is 4.79 Å². The number of aryl methyl sites for hydroxylation is 1. The third kappa shape index (κ3) is 3.65. The third-order valence-electron chi connectivity index (χ3n) is 4.62. The van der Waals surface area contributed by atoms with Gasteiger partial charge < -0.3 is 15.0 Å². The number of anilines is 1. The average molecular weight is 367 g/mol. The van der Waals surface area contributed by atoms with Gasteiger partial charge in [0.1, 0.15) is 6.10 Å². The summed E-state index contributed by atoms with van der Waals surface area (Å²) in [5.41, 5.74) is 3.01. The minimum absolute atomic E-state index is 0.0507. The van der Waals surface area contributed by atoms with Crippen molar-refractivity contribution in [1.29, 1.82) is 0 Å². The number of para-hydroxylation sites is 2. The Balaban J connectivity index is 1.33. The summed E-state index contributed by atoms with van der Waals surface area (Å²) in [6.45, 7) is 3.44. The SMILES string of the molecule is Cc1cccc2sc(OC3CCN(C(=O)Nc4ccccc4)CC3)nc12. The first-order chi connectivity index (χ1) is 12.7. The van der Waals surface area contributed by atoms with E-state index in [1.807, 2.05) is 41.3 Å². The number of fused-ring (bicyclic) bond motifs is 1. The molecule has 1 aliphatic rings. The zero-order valence-corrected chi connectivity index (χ0v) is 15.5. The van der Waals surface area contributed by atoms with Crippen LogP contribution < -0.4 is 10.1 Å². The van der Waals surface area contributed by atoms with Crippen LogP contribution in [0.15, 0.2) is 48.5 Å². The van der Waals surface area contributed by atoms with Crippen LogP contribution in [0, 0.1) is 6.92 Å². The van der Waals surface area contributed by atoms with Gasteiger partial charge in [-0.05, 0) is 30.7 Å². The molecule has 1 aromatic heterocycles. The van der Waals surface area contributed by atoms with E-state index in [0.29, 0.717) is 13.1 Å². The molecule has 4 rings (SSSR count). The second-order valence-corrected chi connectivity index (χ2v) is 7.50. The van der Waals surface area contributed by atoms with Crippen molar-refractivity contribution in [2.24, 2.45) is 0 Å². The Bertz CT molecular complexity index is 902. The Labute approximate surface area is 156 Å². The van der Waals surface area contributed by atoms with E-state index in [2.05, 4.69) is 29.4 Å². The van der Waals surface area contributed by atoms with Crippen LogP contribution >= 0.6 is 11.3 Å². The number of hydrogen-bond donors (Lipinski definition) is 1. The van der Waals surface area contributed by atoms with Gasteiger partial charge in [0.25, 0.3) is 5.19 Å². The summed E-state index contributed by atoms with van der Waals surface area (Å²) in [4.78, 5) is 18.8. The van der Waals surface area contributed by atoms with E-state index in [1.165, 1.54) is 5.56 Å². The molecule has 2 amide bonds. The maximum absolute atomic E-state index is 12.4. The zero-order valence-electron chi connectivity index (χ0n) is 14.6. The first-order valence-electron chi connectivity index (χ1n) is 8.83. The van der Waals surface area contributed by atoms with E-state index in [1.54, 1.807) is 11.3 Å². The van der Waals surface area contributed by atoms with Crippen molar-refractivity contribution >= 4 is 33.3 Å². The molecule has 1 fully saturated rings. The van der Waals surface area contributed by atoms with Crippen molar-refractivity contribution in [3.8, 4) is 5.19 Å². The van der Waals surface area contributed by atoms with Crippen molar-refractivity contribution in [3.05, 3.63) is 54.1 Å². The molecular formula is C20H21N3O2S. The molecule has 1 N–H and O–H groups in total. The minimum Gasteiger partial charge on any atom is -0.467 e. The first kappa shape index (κ1) is 16.8. The predicted molar refractivity (Wildman–Crippen MR) is 105 cm³/mol. The molecule has 5 nitrogen and oxygen atoms in total. The lowest BCUT2D eigenvalue weighted by molar-refractivity contribution is 0.115. The lowest BCUT2D eigenvalue weighted by Crippen LogP contribution is -2.43. The summed E-state index contributed by atoms with van der Waals surface area (Å²) in [6.07, 6.45) is 1.74. The number of carbonyl (C=O) groups excluding carboxylic acids is 1. The Morgan fingerprint density at radius 2 is 1.92 bits per heavy atom. The second-order valence-electron chi connectivity index (χ2n) is 6.50. The van der Waals surface area contributed by atoms with Gasteiger partial charge in [-0.1, -0.05) is 41.7 Å². The third-order valence-corrected chi connectivity index (χ3v) is 5.53. The Hall–Kier alpha value is -2.60. The standard InChI is InChI=1S/C20H21N3O2S/c1-14-6-5-9-17-18(14)22-20(26-17)25-16-10-12-23(13-11-16)19(24)21-15-7-3-2-4-8-15/h2-9,16H,10-13H2,1H3,(H,21,24). The number of likely N-dealkylation sites (tertiary alicyclic amines) is 1. The van der Waals surface area contributed by atoms with Crippen molar-refractivity contribution < 1.29 is 9.53 Å². The number of ether oxygens (including phenoxy) is 1. The van der Waals surface area contributed by atoms with E-state index in [-0.39, 0.29) is 12.1 Å². The Morgan fingerprint density at radius 1 is 1.15 bits per heavy atom. The number of aromatic nitrogens is 1. The fourth-order valence-corrected chi connectivity index (χ4v) is 4.12. The van der Waals surface area contributed by atoms with E-state index in [4.69, 9.17) is 4.74 Å². The number of hydrogen-bond acceptors (Lipinski definition) is 4. The van der Waals surface area contributed by atoms with Crippen LogP contribution in [-0.4, -0.2) is 35.1 Å². The van der Waals surface area contributed by atoms with Crippen molar-refractivity contribution in [2.45, 2.75) is 25.9 Å². The fraction of sp³-hybridized carbons (Fsp3) is 0.300. The number of piperidine rings is 1. The highest BCUT2D eigenvalue weighted by molar-refractivity contribution is 7.20. The molecule has 1 aliphatic heterocycles. The van der Waals surface area contributed by atoms with Gasteiger partial charge in [-0.2, -0.15) is 0 Å². The number of amides is 2. The second kappa shape index (κ2) is 7.33. The van der Waals surface area contributed by atoms with Gasteiger partial charge in [0, 0.05) is 31.6 Å². The summed E-state index contributed by atoms with van der Waals surface area (Å²) in [6, 6.07) is 15.7. The molecule has 134 valence electrons. The smallest absolute Gasteiger partial charge is 0.321 e.